The summed E-state index contributed by atoms with van der Waals surface area (Å²) in [6.45, 7) is 5.07. The predicted octanol–water partition coefficient (Wildman–Crippen LogP) is 10.1. The predicted molar refractivity (Wildman–Crippen MR) is 160 cm³/mol. The second-order valence-corrected chi connectivity index (χ2v) is 11.4. The van der Waals surface area contributed by atoms with E-state index in [1.54, 1.807) is 13.0 Å². The van der Waals surface area contributed by atoms with Crippen molar-refractivity contribution in [3.05, 3.63) is 90.0 Å². The van der Waals surface area contributed by atoms with Crippen LogP contribution < -0.4 is 4.74 Å². The molecule has 0 spiro atoms. The third-order valence-corrected chi connectivity index (χ3v) is 8.94. The minimum Gasteiger partial charge on any atom is -0.491 e. The number of ether oxygens (including phenoxy) is 2. The zero-order valence-electron chi connectivity index (χ0n) is 23.9. The van der Waals surface area contributed by atoms with Gasteiger partial charge in [-0.1, -0.05) is 60.7 Å². The Labute approximate surface area is 238 Å². The fraction of sp³-hybridized carbons (Fsp3) is 0.444. The Balaban J connectivity index is 1.14. The molecule has 2 aliphatic rings. The Morgan fingerprint density at radius 3 is 2.10 bits per heavy atom. The number of allylic oxidation sites excluding steroid dienone is 2. The molecule has 1 aliphatic carbocycles. The quantitative estimate of drug-likeness (QED) is 0.250. The molecule has 3 aromatic carbocycles. The van der Waals surface area contributed by atoms with E-state index in [2.05, 4.69) is 43.3 Å². The van der Waals surface area contributed by atoms with E-state index in [4.69, 9.17) is 9.47 Å². The van der Waals surface area contributed by atoms with Crippen LogP contribution in [0.5, 0.6) is 5.75 Å². The summed E-state index contributed by atoms with van der Waals surface area (Å²) in [5.74, 6) is 0.179. The van der Waals surface area contributed by atoms with Gasteiger partial charge in [0.25, 0.3) is 0 Å². The first-order valence-electron chi connectivity index (χ1n) is 15.1. The first-order valence-corrected chi connectivity index (χ1v) is 15.1. The molecular formula is C36H42F2O2. The average molecular weight is 545 g/mol. The van der Waals surface area contributed by atoms with Crippen LogP contribution in [-0.2, 0) is 4.74 Å². The summed E-state index contributed by atoms with van der Waals surface area (Å²) < 4.78 is 40.5. The molecule has 2 unspecified atom stereocenters. The zero-order valence-corrected chi connectivity index (χ0v) is 23.9. The Kier molecular flexibility index (Phi) is 9.70. The molecule has 2 nitrogen and oxygen atoms in total. The van der Waals surface area contributed by atoms with E-state index in [-0.39, 0.29) is 17.9 Å². The first-order chi connectivity index (χ1) is 19.6. The molecule has 0 aromatic heterocycles. The van der Waals surface area contributed by atoms with Gasteiger partial charge in [-0.15, -0.1) is 0 Å². The summed E-state index contributed by atoms with van der Waals surface area (Å²) in [5, 5.41) is 0. The normalized spacial score (nSPS) is 23.4. The maximum atomic E-state index is 14.6. The van der Waals surface area contributed by atoms with Crippen LogP contribution in [0.25, 0.3) is 22.3 Å². The Morgan fingerprint density at radius 2 is 1.48 bits per heavy atom. The van der Waals surface area contributed by atoms with Gasteiger partial charge in [0.1, 0.15) is 0 Å². The molecule has 4 heteroatoms. The van der Waals surface area contributed by atoms with E-state index in [9.17, 15) is 8.78 Å². The van der Waals surface area contributed by atoms with E-state index in [1.807, 2.05) is 24.3 Å². The molecule has 1 aliphatic heterocycles. The molecule has 1 heterocycles. The molecule has 0 radical (unpaired) electrons. The van der Waals surface area contributed by atoms with Gasteiger partial charge in [0.05, 0.1) is 12.7 Å². The van der Waals surface area contributed by atoms with Crippen LogP contribution in [0.2, 0.25) is 0 Å². The van der Waals surface area contributed by atoms with Gasteiger partial charge in [0, 0.05) is 12.2 Å². The summed E-state index contributed by atoms with van der Waals surface area (Å²) in [7, 11) is 0. The molecule has 1 saturated carbocycles. The topological polar surface area (TPSA) is 18.5 Å². The molecule has 5 rings (SSSR count). The monoisotopic (exact) mass is 544 g/mol. The zero-order chi connectivity index (χ0) is 27.9. The standard InChI is InChI=1S/C36H42F2O2/c1-3-5-6-7-25-8-22-33(40-24-25)31-19-15-29(16-20-31)27-11-9-26(10-12-27)28-13-17-30(18-14-28)32-21-23-34(39-4-2)36(38)35(32)37/h3,5,9-14,17-18,21,23,25,29,31,33H,4,6-8,15-16,19-20,22,24H2,1-2H3. The molecule has 0 amide bonds. The molecule has 212 valence electrons. The lowest BCUT2D eigenvalue weighted by atomic mass is 9.75. The fourth-order valence-corrected chi connectivity index (χ4v) is 6.56. The third-order valence-electron chi connectivity index (χ3n) is 8.94. The minimum atomic E-state index is -0.941. The third kappa shape index (κ3) is 6.66. The van der Waals surface area contributed by atoms with Gasteiger partial charge in [0.2, 0.25) is 5.82 Å². The van der Waals surface area contributed by atoms with E-state index in [1.165, 1.54) is 63.0 Å². The number of hydrogen-bond acceptors (Lipinski definition) is 2. The van der Waals surface area contributed by atoms with Crippen molar-refractivity contribution in [3.8, 4) is 28.0 Å². The molecule has 40 heavy (non-hydrogen) atoms. The van der Waals surface area contributed by atoms with Gasteiger partial charge < -0.3 is 9.47 Å². The summed E-state index contributed by atoms with van der Waals surface area (Å²) >= 11 is 0. The lowest BCUT2D eigenvalue weighted by Crippen LogP contribution is -2.34. The molecule has 1 saturated heterocycles. The maximum absolute atomic E-state index is 14.6. The van der Waals surface area contributed by atoms with E-state index < -0.39 is 11.6 Å². The fourth-order valence-electron chi connectivity index (χ4n) is 6.56. The summed E-state index contributed by atoms with van der Waals surface area (Å²) in [5.41, 5.74) is 4.48. The van der Waals surface area contributed by atoms with E-state index in [0.29, 0.717) is 23.5 Å². The van der Waals surface area contributed by atoms with Crippen molar-refractivity contribution >= 4 is 0 Å². The summed E-state index contributed by atoms with van der Waals surface area (Å²) in [4.78, 5) is 0. The van der Waals surface area contributed by atoms with Crippen LogP contribution in [0.3, 0.4) is 0 Å². The van der Waals surface area contributed by atoms with Crippen molar-refractivity contribution in [2.45, 2.75) is 77.2 Å². The highest BCUT2D eigenvalue weighted by Gasteiger charge is 2.32. The van der Waals surface area contributed by atoms with Crippen LogP contribution >= 0.6 is 0 Å². The Hall–Kier alpha value is -2.98. The number of hydrogen-bond donors (Lipinski definition) is 0. The average Bonchev–Trinajstić information content (AvgIpc) is 3.01. The van der Waals surface area contributed by atoms with Crippen LogP contribution in [0.1, 0.15) is 76.7 Å². The van der Waals surface area contributed by atoms with Crippen molar-refractivity contribution in [1.82, 2.24) is 0 Å². The molecule has 0 N–H and O–H groups in total. The molecule has 3 aromatic rings. The van der Waals surface area contributed by atoms with Crippen molar-refractivity contribution in [1.29, 1.82) is 0 Å². The first kappa shape index (κ1) is 28.5. The van der Waals surface area contributed by atoms with Gasteiger partial charge in [0.15, 0.2) is 11.6 Å². The lowest BCUT2D eigenvalue weighted by Gasteiger charge is -2.38. The van der Waals surface area contributed by atoms with E-state index >= 15 is 0 Å². The molecule has 2 fully saturated rings. The van der Waals surface area contributed by atoms with Crippen LogP contribution in [0, 0.1) is 23.5 Å². The van der Waals surface area contributed by atoms with Crippen molar-refractivity contribution < 1.29 is 18.3 Å². The minimum absolute atomic E-state index is 0.0550. The van der Waals surface area contributed by atoms with Crippen molar-refractivity contribution in [3.63, 3.8) is 0 Å². The Bertz CT molecular complexity index is 1250. The smallest absolute Gasteiger partial charge is 0.201 e. The molecule has 0 bridgehead atoms. The van der Waals surface area contributed by atoms with Gasteiger partial charge in [-0.3, -0.25) is 0 Å². The highest BCUT2D eigenvalue weighted by molar-refractivity contribution is 5.71. The second-order valence-electron chi connectivity index (χ2n) is 11.4. The van der Waals surface area contributed by atoms with E-state index in [0.717, 1.165) is 23.7 Å². The van der Waals surface area contributed by atoms with Gasteiger partial charge in [-0.05, 0) is 117 Å². The van der Waals surface area contributed by atoms with Crippen molar-refractivity contribution in [2.75, 3.05) is 13.2 Å². The highest BCUT2D eigenvalue weighted by Crippen LogP contribution is 2.41. The van der Waals surface area contributed by atoms with Gasteiger partial charge in [-0.25, -0.2) is 4.39 Å². The van der Waals surface area contributed by atoms with Crippen LogP contribution in [0.15, 0.2) is 72.8 Å². The summed E-state index contributed by atoms with van der Waals surface area (Å²) in [6.07, 6.45) is 14.8. The highest BCUT2D eigenvalue weighted by atomic mass is 19.2. The number of rotatable bonds is 9. The lowest BCUT2D eigenvalue weighted by molar-refractivity contribution is -0.0573. The van der Waals surface area contributed by atoms with Crippen molar-refractivity contribution in [2.24, 2.45) is 11.8 Å². The SMILES string of the molecule is CC=CCCC1CCC(C2CCC(c3ccc(-c4ccc(-c5ccc(OCC)c(F)c5F)cc4)cc3)CC2)OC1. The molecular weight excluding hydrogens is 502 g/mol. The Morgan fingerprint density at radius 1 is 0.800 bits per heavy atom. The van der Waals surface area contributed by atoms with Crippen LogP contribution in [0.4, 0.5) is 8.78 Å². The van der Waals surface area contributed by atoms with Gasteiger partial charge in [-0.2, -0.15) is 4.39 Å². The largest absolute Gasteiger partial charge is 0.491 e. The maximum Gasteiger partial charge on any atom is 0.201 e. The number of benzene rings is 3. The van der Waals surface area contributed by atoms with Crippen LogP contribution in [-0.4, -0.2) is 19.3 Å². The number of halogens is 2. The molecule has 2 atom stereocenters. The van der Waals surface area contributed by atoms with Gasteiger partial charge >= 0.3 is 0 Å². The summed E-state index contributed by atoms with van der Waals surface area (Å²) in [6, 6.07) is 19.6. The second kappa shape index (κ2) is 13.6.